The summed E-state index contributed by atoms with van der Waals surface area (Å²) in [6.07, 6.45) is 4.24. The van der Waals surface area contributed by atoms with Crippen molar-refractivity contribution in [2.24, 2.45) is 0 Å². The van der Waals surface area contributed by atoms with Gasteiger partial charge in [0.1, 0.15) is 0 Å². The molecule has 2 aromatic carbocycles. The van der Waals surface area contributed by atoms with E-state index in [2.05, 4.69) is 24.1 Å². The molecule has 0 aromatic heterocycles. The molecule has 0 N–H and O–H groups in total. The quantitative estimate of drug-likeness (QED) is 0.714. The van der Waals surface area contributed by atoms with E-state index in [9.17, 15) is 4.79 Å². The summed E-state index contributed by atoms with van der Waals surface area (Å²) in [5.74, 6) is 1.20. The van der Waals surface area contributed by atoms with E-state index in [1.54, 1.807) is 18.2 Å². The van der Waals surface area contributed by atoms with Crippen LogP contribution >= 0.6 is 11.6 Å². The number of rotatable bonds is 3. The number of likely N-dealkylation sites (N-methyl/N-ethyl adjacent to an activating group) is 1. The zero-order valence-electron chi connectivity index (χ0n) is 16.5. The first kappa shape index (κ1) is 19.8. The van der Waals surface area contributed by atoms with Crippen molar-refractivity contribution in [1.82, 2.24) is 9.80 Å². The molecule has 1 fully saturated rings. The van der Waals surface area contributed by atoms with Crippen LogP contribution in [0.1, 0.15) is 23.6 Å². The predicted molar refractivity (Wildman–Crippen MR) is 114 cm³/mol. The molecule has 1 unspecified atom stereocenters. The minimum atomic E-state index is -0.00446. The zero-order chi connectivity index (χ0) is 20.2. The smallest absolute Gasteiger partial charge is 0.247 e. The van der Waals surface area contributed by atoms with Gasteiger partial charge in [0.15, 0.2) is 11.5 Å². The maximum Gasteiger partial charge on any atom is 0.247 e. The number of hydrogen-bond acceptors (Lipinski definition) is 4. The Hall–Kier alpha value is -2.50. The van der Waals surface area contributed by atoms with Crippen molar-refractivity contribution in [3.63, 3.8) is 0 Å². The van der Waals surface area contributed by atoms with E-state index in [-0.39, 0.29) is 11.9 Å². The molecule has 5 nitrogen and oxygen atoms in total. The lowest BCUT2D eigenvalue weighted by Crippen LogP contribution is -2.48. The molecule has 2 aliphatic rings. The topological polar surface area (TPSA) is 42.0 Å². The average molecular weight is 413 g/mol. The summed E-state index contributed by atoms with van der Waals surface area (Å²) < 4.78 is 11.4. The molecule has 0 radical (unpaired) electrons. The van der Waals surface area contributed by atoms with Crippen LogP contribution in [0.2, 0.25) is 5.02 Å². The number of fused-ring (bicyclic) bond motifs is 1. The first-order valence-corrected chi connectivity index (χ1v) is 10.3. The Morgan fingerprint density at radius 1 is 1.14 bits per heavy atom. The number of carbonyl (C=O) groups excluding carboxylic acids is 1. The molecule has 0 aliphatic carbocycles. The van der Waals surface area contributed by atoms with Gasteiger partial charge in [-0.2, -0.15) is 0 Å². The Kier molecular flexibility index (Phi) is 6.07. The molecule has 2 heterocycles. The molecule has 152 valence electrons. The number of amides is 1. The van der Waals surface area contributed by atoms with E-state index < -0.39 is 0 Å². The van der Waals surface area contributed by atoms with Gasteiger partial charge in [-0.15, -0.1) is 0 Å². The lowest BCUT2D eigenvalue weighted by molar-refractivity contribution is -0.130. The summed E-state index contributed by atoms with van der Waals surface area (Å²) in [7, 11) is 2.09. The van der Waals surface area contributed by atoms with Crippen molar-refractivity contribution < 1.29 is 14.3 Å². The van der Waals surface area contributed by atoms with E-state index in [0.717, 1.165) is 30.6 Å². The highest BCUT2D eigenvalue weighted by Crippen LogP contribution is 2.38. The molecule has 0 spiro atoms. The number of ether oxygens (including phenoxy) is 2. The molecular formula is C23H25ClN2O3. The second-order valence-electron chi connectivity index (χ2n) is 7.43. The summed E-state index contributed by atoms with van der Waals surface area (Å²) in [5.41, 5.74) is 1.97. The van der Waals surface area contributed by atoms with Crippen LogP contribution in [0.4, 0.5) is 0 Å². The molecular weight excluding hydrogens is 388 g/mol. The molecule has 1 saturated heterocycles. The average Bonchev–Trinajstić information content (AvgIpc) is 2.98. The van der Waals surface area contributed by atoms with Crippen LogP contribution < -0.4 is 9.47 Å². The molecule has 1 atom stereocenters. The van der Waals surface area contributed by atoms with Crippen molar-refractivity contribution in [3.05, 3.63) is 64.7 Å². The molecule has 29 heavy (non-hydrogen) atoms. The lowest BCUT2D eigenvalue weighted by atomic mass is 10.0. The Morgan fingerprint density at radius 3 is 2.76 bits per heavy atom. The normalized spacial score (nSPS) is 19.9. The van der Waals surface area contributed by atoms with Crippen LogP contribution in [0.25, 0.3) is 6.08 Å². The van der Waals surface area contributed by atoms with E-state index in [4.69, 9.17) is 21.1 Å². The monoisotopic (exact) mass is 412 g/mol. The van der Waals surface area contributed by atoms with E-state index in [1.807, 2.05) is 29.2 Å². The van der Waals surface area contributed by atoms with E-state index >= 15 is 0 Å². The zero-order valence-corrected chi connectivity index (χ0v) is 17.3. The SMILES string of the molecule is CN1CCN(C(=O)C=Cc2cc(Cl)c3c(c2)OCCCO3)C(c2ccccc2)C1. The second kappa shape index (κ2) is 8.89. The Labute approximate surface area is 176 Å². The molecule has 6 heteroatoms. The number of piperazine rings is 1. The summed E-state index contributed by atoms with van der Waals surface area (Å²) in [4.78, 5) is 17.2. The summed E-state index contributed by atoms with van der Waals surface area (Å²) in [6, 6.07) is 13.9. The fourth-order valence-electron chi connectivity index (χ4n) is 3.75. The highest BCUT2D eigenvalue weighted by Gasteiger charge is 2.29. The van der Waals surface area contributed by atoms with Crippen LogP contribution in [0.3, 0.4) is 0 Å². The van der Waals surface area contributed by atoms with Crippen molar-refractivity contribution in [3.8, 4) is 11.5 Å². The van der Waals surface area contributed by atoms with Gasteiger partial charge in [0.2, 0.25) is 5.91 Å². The first-order valence-electron chi connectivity index (χ1n) is 9.93. The van der Waals surface area contributed by atoms with Gasteiger partial charge in [0, 0.05) is 32.1 Å². The fourth-order valence-corrected chi connectivity index (χ4v) is 4.03. The van der Waals surface area contributed by atoms with Crippen LogP contribution in [-0.2, 0) is 4.79 Å². The van der Waals surface area contributed by atoms with E-state index in [0.29, 0.717) is 36.3 Å². The van der Waals surface area contributed by atoms with Gasteiger partial charge in [-0.1, -0.05) is 41.9 Å². The summed E-state index contributed by atoms with van der Waals surface area (Å²) in [5, 5.41) is 0.498. The van der Waals surface area contributed by atoms with Crippen LogP contribution in [0.5, 0.6) is 11.5 Å². The third-order valence-electron chi connectivity index (χ3n) is 5.29. The maximum atomic E-state index is 13.0. The molecule has 0 saturated carbocycles. The molecule has 1 amide bonds. The molecule has 2 aliphatic heterocycles. The minimum Gasteiger partial charge on any atom is -0.489 e. The number of hydrogen-bond donors (Lipinski definition) is 0. The number of halogens is 1. The van der Waals surface area contributed by atoms with E-state index in [1.165, 1.54) is 0 Å². The highest BCUT2D eigenvalue weighted by molar-refractivity contribution is 6.32. The highest BCUT2D eigenvalue weighted by atomic mass is 35.5. The first-order chi connectivity index (χ1) is 14.1. The molecule has 4 rings (SSSR count). The molecule has 2 aromatic rings. The maximum absolute atomic E-state index is 13.0. The van der Waals surface area contributed by atoms with Gasteiger partial charge in [-0.3, -0.25) is 4.79 Å². The number of benzene rings is 2. The Morgan fingerprint density at radius 2 is 1.93 bits per heavy atom. The summed E-state index contributed by atoms with van der Waals surface area (Å²) >= 11 is 6.36. The van der Waals surface area contributed by atoms with Gasteiger partial charge < -0.3 is 19.3 Å². The number of carbonyl (C=O) groups is 1. The van der Waals surface area contributed by atoms with Gasteiger partial charge >= 0.3 is 0 Å². The van der Waals surface area contributed by atoms with Gasteiger partial charge in [0.25, 0.3) is 0 Å². The van der Waals surface area contributed by atoms with Crippen LogP contribution in [0, 0.1) is 0 Å². The van der Waals surface area contributed by atoms with Gasteiger partial charge in [-0.05, 0) is 36.4 Å². The fraction of sp³-hybridized carbons (Fsp3) is 0.348. The van der Waals surface area contributed by atoms with Crippen LogP contribution in [0.15, 0.2) is 48.5 Å². The molecule has 0 bridgehead atoms. The lowest BCUT2D eigenvalue weighted by Gasteiger charge is -2.40. The van der Waals surface area contributed by atoms with Gasteiger partial charge in [-0.25, -0.2) is 0 Å². The van der Waals surface area contributed by atoms with Crippen molar-refractivity contribution in [2.45, 2.75) is 12.5 Å². The Balaban J connectivity index is 1.54. The number of nitrogens with zero attached hydrogens (tertiary/aromatic N) is 2. The van der Waals surface area contributed by atoms with Crippen molar-refractivity contribution in [1.29, 1.82) is 0 Å². The largest absolute Gasteiger partial charge is 0.489 e. The predicted octanol–water partition coefficient (Wildman–Crippen LogP) is 4.03. The third kappa shape index (κ3) is 4.57. The minimum absolute atomic E-state index is 0.00446. The summed E-state index contributed by atoms with van der Waals surface area (Å²) in [6.45, 7) is 3.56. The van der Waals surface area contributed by atoms with Gasteiger partial charge in [0.05, 0.1) is 24.3 Å². The second-order valence-corrected chi connectivity index (χ2v) is 7.84. The van der Waals surface area contributed by atoms with Crippen molar-refractivity contribution in [2.75, 3.05) is 39.9 Å². The standard InChI is InChI=1S/C23H25ClN2O3/c1-25-10-11-26(20(16-25)18-6-3-2-4-7-18)22(27)9-8-17-14-19(24)23-21(15-17)28-12-5-13-29-23/h2-4,6-9,14-15,20H,5,10-13,16H2,1H3. The van der Waals surface area contributed by atoms with Crippen molar-refractivity contribution >= 4 is 23.6 Å². The Bertz CT molecular complexity index is 900. The van der Waals surface area contributed by atoms with Crippen LogP contribution in [-0.4, -0.2) is 55.6 Å². The third-order valence-corrected chi connectivity index (χ3v) is 5.57.